The molecule has 1 aromatic carbocycles. The van der Waals surface area contributed by atoms with Gasteiger partial charge in [0.2, 0.25) is 0 Å². The van der Waals surface area contributed by atoms with Crippen LogP contribution in [0.2, 0.25) is 0 Å². The van der Waals surface area contributed by atoms with Crippen LogP contribution < -0.4 is 0 Å². The summed E-state index contributed by atoms with van der Waals surface area (Å²) in [5.74, 6) is 0.297. The summed E-state index contributed by atoms with van der Waals surface area (Å²) in [5.41, 5.74) is 1.25. The van der Waals surface area contributed by atoms with Gasteiger partial charge in [0.15, 0.2) is 0 Å². The highest BCUT2D eigenvalue weighted by Crippen LogP contribution is 2.26. The van der Waals surface area contributed by atoms with Crippen LogP contribution >= 0.6 is 0 Å². The predicted octanol–water partition coefficient (Wildman–Crippen LogP) is 1.08. The van der Waals surface area contributed by atoms with Crippen molar-refractivity contribution in [1.29, 1.82) is 0 Å². The van der Waals surface area contributed by atoms with Crippen LogP contribution in [0.1, 0.15) is 11.5 Å². The molecule has 2 atom stereocenters. The van der Waals surface area contributed by atoms with E-state index in [0.717, 1.165) is 13.1 Å². The third-order valence-electron chi connectivity index (χ3n) is 2.70. The van der Waals surface area contributed by atoms with E-state index in [0.29, 0.717) is 5.92 Å². The number of aliphatic hydroxyl groups excluding tert-OH is 1. The Balaban J connectivity index is 2.18. The number of benzene rings is 1. The molecule has 1 aromatic rings. The van der Waals surface area contributed by atoms with E-state index in [2.05, 4.69) is 17.0 Å². The van der Waals surface area contributed by atoms with Crippen molar-refractivity contribution in [3.8, 4) is 0 Å². The van der Waals surface area contributed by atoms with E-state index >= 15 is 0 Å². The number of β-amino-alcohol motifs (C(OH)–C–C–N with tert-alkyl or cyclic N) is 1. The molecule has 1 aliphatic rings. The zero-order chi connectivity index (χ0) is 9.26. The van der Waals surface area contributed by atoms with Gasteiger partial charge < -0.3 is 10.0 Å². The zero-order valence-corrected chi connectivity index (χ0v) is 7.85. The summed E-state index contributed by atoms with van der Waals surface area (Å²) in [6, 6.07) is 10.2. The number of likely N-dealkylation sites (tertiary alicyclic amines) is 1. The van der Waals surface area contributed by atoms with Gasteiger partial charge in [-0.1, -0.05) is 30.3 Å². The summed E-state index contributed by atoms with van der Waals surface area (Å²) in [6.45, 7) is 1.75. The highest BCUT2D eigenvalue weighted by Gasteiger charge is 2.29. The average Bonchev–Trinajstić information content (AvgIpc) is 2.47. The van der Waals surface area contributed by atoms with Crippen LogP contribution in [0.5, 0.6) is 0 Å². The third-order valence-corrected chi connectivity index (χ3v) is 2.70. The first-order valence-corrected chi connectivity index (χ1v) is 4.69. The second-order valence-electron chi connectivity index (χ2n) is 3.81. The number of rotatable bonds is 1. The van der Waals surface area contributed by atoms with E-state index in [-0.39, 0.29) is 6.10 Å². The smallest absolute Gasteiger partial charge is 0.0747 e. The first kappa shape index (κ1) is 8.73. The van der Waals surface area contributed by atoms with E-state index < -0.39 is 0 Å². The molecule has 1 heterocycles. The average molecular weight is 177 g/mol. The largest absolute Gasteiger partial charge is 0.391 e. The van der Waals surface area contributed by atoms with Crippen molar-refractivity contribution in [1.82, 2.24) is 4.90 Å². The molecule has 1 N–H and O–H groups in total. The Morgan fingerprint density at radius 1 is 1.23 bits per heavy atom. The third kappa shape index (κ3) is 1.74. The Morgan fingerprint density at radius 3 is 2.46 bits per heavy atom. The van der Waals surface area contributed by atoms with E-state index in [1.165, 1.54) is 5.56 Å². The second kappa shape index (κ2) is 3.48. The molecule has 0 spiro atoms. The number of likely N-dealkylation sites (N-methyl/N-ethyl adjacent to an activating group) is 1. The van der Waals surface area contributed by atoms with Gasteiger partial charge in [0, 0.05) is 19.0 Å². The highest BCUT2D eigenvalue weighted by atomic mass is 16.3. The minimum atomic E-state index is -0.201. The first-order chi connectivity index (χ1) is 6.27. The Hall–Kier alpha value is -0.860. The summed E-state index contributed by atoms with van der Waals surface area (Å²) >= 11 is 0. The maximum atomic E-state index is 9.77. The van der Waals surface area contributed by atoms with Crippen molar-refractivity contribution >= 4 is 0 Å². The highest BCUT2D eigenvalue weighted by molar-refractivity contribution is 5.22. The summed E-state index contributed by atoms with van der Waals surface area (Å²) in [5, 5.41) is 9.77. The van der Waals surface area contributed by atoms with Gasteiger partial charge in [0.25, 0.3) is 0 Å². The fourth-order valence-electron chi connectivity index (χ4n) is 2.01. The minimum absolute atomic E-state index is 0.201. The van der Waals surface area contributed by atoms with Gasteiger partial charge in [-0.25, -0.2) is 0 Å². The maximum Gasteiger partial charge on any atom is 0.0747 e. The second-order valence-corrected chi connectivity index (χ2v) is 3.81. The zero-order valence-electron chi connectivity index (χ0n) is 7.85. The van der Waals surface area contributed by atoms with E-state index in [1.54, 1.807) is 0 Å². The summed E-state index contributed by atoms with van der Waals surface area (Å²) in [6.07, 6.45) is -0.201. The standard InChI is InChI=1S/C11H15NO/c1-12-7-10(11(13)8-12)9-5-3-2-4-6-9/h2-6,10-11,13H,7-8H2,1H3/t10?,11-/m1/s1. The number of hydrogen-bond donors (Lipinski definition) is 1. The molecule has 0 bridgehead atoms. The molecule has 2 heteroatoms. The predicted molar refractivity (Wildman–Crippen MR) is 52.7 cm³/mol. The molecule has 2 nitrogen and oxygen atoms in total. The molecular weight excluding hydrogens is 162 g/mol. The van der Waals surface area contributed by atoms with Crippen molar-refractivity contribution < 1.29 is 5.11 Å². The van der Waals surface area contributed by atoms with Crippen LogP contribution in [0, 0.1) is 0 Å². The summed E-state index contributed by atoms with van der Waals surface area (Å²) in [4.78, 5) is 2.17. The number of aliphatic hydroxyl groups is 1. The van der Waals surface area contributed by atoms with Gasteiger partial charge in [0.05, 0.1) is 6.10 Å². The van der Waals surface area contributed by atoms with Crippen LogP contribution in [-0.2, 0) is 0 Å². The van der Waals surface area contributed by atoms with Crippen molar-refractivity contribution in [2.75, 3.05) is 20.1 Å². The van der Waals surface area contributed by atoms with E-state index in [4.69, 9.17) is 0 Å². The van der Waals surface area contributed by atoms with Crippen LogP contribution in [0.4, 0.5) is 0 Å². The van der Waals surface area contributed by atoms with Gasteiger partial charge in [-0.05, 0) is 12.6 Å². The Bertz CT molecular complexity index is 273. The van der Waals surface area contributed by atoms with Gasteiger partial charge in [-0.3, -0.25) is 0 Å². The van der Waals surface area contributed by atoms with Gasteiger partial charge >= 0.3 is 0 Å². The van der Waals surface area contributed by atoms with Crippen molar-refractivity contribution in [2.45, 2.75) is 12.0 Å². The van der Waals surface area contributed by atoms with Crippen LogP contribution in [0.15, 0.2) is 30.3 Å². The Labute approximate surface area is 78.8 Å². The minimum Gasteiger partial charge on any atom is -0.391 e. The molecule has 0 amide bonds. The normalized spacial score (nSPS) is 29.4. The molecule has 1 saturated heterocycles. The molecule has 70 valence electrons. The van der Waals surface area contributed by atoms with Gasteiger partial charge in [0.1, 0.15) is 0 Å². The molecule has 0 aliphatic carbocycles. The molecule has 1 unspecified atom stereocenters. The molecule has 13 heavy (non-hydrogen) atoms. The Morgan fingerprint density at radius 2 is 1.92 bits per heavy atom. The lowest BCUT2D eigenvalue weighted by atomic mass is 9.96. The van der Waals surface area contributed by atoms with Gasteiger partial charge in [-0.2, -0.15) is 0 Å². The quantitative estimate of drug-likeness (QED) is 0.693. The van der Waals surface area contributed by atoms with Crippen molar-refractivity contribution in [3.63, 3.8) is 0 Å². The molecule has 0 aromatic heterocycles. The van der Waals surface area contributed by atoms with E-state index in [9.17, 15) is 5.11 Å². The van der Waals surface area contributed by atoms with Crippen molar-refractivity contribution in [3.05, 3.63) is 35.9 Å². The number of nitrogens with zero attached hydrogens (tertiary/aromatic N) is 1. The molecule has 0 saturated carbocycles. The lowest BCUT2D eigenvalue weighted by Crippen LogP contribution is -2.16. The summed E-state index contributed by atoms with van der Waals surface area (Å²) in [7, 11) is 2.05. The van der Waals surface area contributed by atoms with Crippen LogP contribution in [0.25, 0.3) is 0 Å². The summed E-state index contributed by atoms with van der Waals surface area (Å²) < 4.78 is 0. The fraction of sp³-hybridized carbons (Fsp3) is 0.455. The molecule has 1 aliphatic heterocycles. The SMILES string of the molecule is CN1CC(c2ccccc2)[C@H](O)C1. The topological polar surface area (TPSA) is 23.5 Å². The number of hydrogen-bond acceptors (Lipinski definition) is 2. The lowest BCUT2D eigenvalue weighted by molar-refractivity contribution is 0.168. The molecule has 1 fully saturated rings. The molecular formula is C11H15NO. The van der Waals surface area contributed by atoms with Crippen molar-refractivity contribution in [2.24, 2.45) is 0 Å². The maximum absolute atomic E-state index is 9.77. The van der Waals surface area contributed by atoms with Gasteiger partial charge in [-0.15, -0.1) is 0 Å². The van der Waals surface area contributed by atoms with Crippen LogP contribution in [0.3, 0.4) is 0 Å². The lowest BCUT2D eigenvalue weighted by Gasteiger charge is -2.13. The first-order valence-electron chi connectivity index (χ1n) is 4.69. The molecule has 2 rings (SSSR count). The molecule has 0 radical (unpaired) electrons. The van der Waals surface area contributed by atoms with E-state index in [1.807, 2.05) is 25.2 Å². The Kier molecular flexibility index (Phi) is 2.34. The monoisotopic (exact) mass is 177 g/mol. The fourth-order valence-corrected chi connectivity index (χ4v) is 2.01. The van der Waals surface area contributed by atoms with Crippen LogP contribution in [-0.4, -0.2) is 36.2 Å².